The molecule has 106 valence electrons. The van der Waals surface area contributed by atoms with Crippen LogP contribution >= 0.6 is 0 Å². The fourth-order valence-corrected chi connectivity index (χ4v) is 2.91. The Morgan fingerprint density at radius 2 is 1.68 bits per heavy atom. The van der Waals surface area contributed by atoms with E-state index in [0.717, 1.165) is 38.6 Å². The van der Waals surface area contributed by atoms with Gasteiger partial charge in [-0.05, 0) is 30.2 Å². The molecule has 0 aliphatic rings. The van der Waals surface area contributed by atoms with Crippen LogP contribution in [0, 0.1) is 0 Å². The zero-order chi connectivity index (χ0) is 15.1. The van der Waals surface area contributed by atoms with Gasteiger partial charge < -0.3 is 4.42 Å². The number of para-hydroxylation sites is 1. The summed E-state index contributed by atoms with van der Waals surface area (Å²) >= 11 is 0. The van der Waals surface area contributed by atoms with Gasteiger partial charge in [-0.2, -0.15) is 0 Å². The van der Waals surface area contributed by atoms with Crippen LogP contribution in [0.25, 0.3) is 38.6 Å². The molecule has 1 nitrogen and oxygen atoms in total. The minimum absolute atomic E-state index is 0.916. The predicted molar refractivity (Wildman–Crippen MR) is 93.9 cm³/mol. The summed E-state index contributed by atoms with van der Waals surface area (Å²) in [4.78, 5) is 0. The average molecular weight is 284 g/mol. The number of hydrogen-bond donors (Lipinski definition) is 0. The SMILES string of the molecule is C=C(C)c1ccc2c(c1)oc1c(-c3ccccc3)cccc12. The molecule has 3 aromatic carbocycles. The third-order valence-electron chi connectivity index (χ3n) is 4.08. The van der Waals surface area contributed by atoms with E-state index in [1.807, 2.05) is 13.0 Å². The Labute approximate surface area is 129 Å². The first-order valence-electron chi connectivity index (χ1n) is 7.40. The fraction of sp³-hybridized carbons (Fsp3) is 0.0476. The zero-order valence-corrected chi connectivity index (χ0v) is 12.5. The Morgan fingerprint density at radius 1 is 0.864 bits per heavy atom. The van der Waals surface area contributed by atoms with Crippen molar-refractivity contribution in [1.82, 2.24) is 0 Å². The van der Waals surface area contributed by atoms with E-state index in [1.54, 1.807) is 0 Å². The van der Waals surface area contributed by atoms with Crippen molar-refractivity contribution in [3.8, 4) is 11.1 Å². The van der Waals surface area contributed by atoms with E-state index in [2.05, 4.69) is 67.2 Å². The lowest BCUT2D eigenvalue weighted by atomic mass is 10.0. The van der Waals surface area contributed by atoms with Gasteiger partial charge in [-0.25, -0.2) is 0 Å². The monoisotopic (exact) mass is 284 g/mol. The Hall–Kier alpha value is -2.80. The van der Waals surface area contributed by atoms with Crippen molar-refractivity contribution in [2.24, 2.45) is 0 Å². The minimum Gasteiger partial charge on any atom is -0.455 e. The molecule has 22 heavy (non-hydrogen) atoms. The van der Waals surface area contributed by atoms with E-state index < -0.39 is 0 Å². The summed E-state index contributed by atoms with van der Waals surface area (Å²) < 4.78 is 6.19. The summed E-state index contributed by atoms with van der Waals surface area (Å²) in [5.41, 5.74) is 6.33. The molecule has 4 rings (SSSR count). The third-order valence-corrected chi connectivity index (χ3v) is 4.08. The van der Waals surface area contributed by atoms with Crippen molar-refractivity contribution in [2.75, 3.05) is 0 Å². The quantitative estimate of drug-likeness (QED) is 0.422. The molecule has 4 aromatic rings. The van der Waals surface area contributed by atoms with Crippen LogP contribution in [-0.4, -0.2) is 0 Å². The summed E-state index contributed by atoms with van der Waals surface area (Å²) in [7, 11) is 0. The molecule has 0 atom stereocenters. The summed E-state index contributed by atoms with van der Waals surface area (Å²) in [5, 5.41) is 2.31. The molecule has 0 unspecified atom stereocenters. The lowest BCUT2D eigenvalue weighted by Crippen LogP contribution is -1.77. The first-order valence-corrected chi connectivity index (χ1v) is 7.40. The van der Waals surface area contributed by atoms with E-state index in [1.165, 1.54) is 5.56 Å². The Balaban J connectivity index is 2.05. The van der Waals surface area contributed by atoms with Crippen LogP contribution in [0.2, 0.25) is 0 Å². The largest absolute Gasteiger partial charge is 0.455 e. The highest BCUT2D eigenvalue weighted by molar-refractivity contribution is 6.09. The zero-order valence-electron chi connectivity index (χ0n) is 12.5. The number of fused-ring (bicyclic) bond motifs is 3. The highest BCUT2D eigenvalue weighted by Crippen LogP contribution is 2.36. The average Bonchev–Trinajstić information content (AvgIpc) is 2.93. The summed E-state index contributed by atoms with van der Waals surface area (Å²) in [5.74, 6) is 0. The fourth-order valence-electron chi connectivity index (χ4n) is 2.91. The van der Waals surface area contributed by atoms with Gasteiger partial charge in [0.1, 0.15) is 11.2 Å². The van der Waals surface area contributed by atoms with Crippen molar-refractivity contribution >= 4 is 27.5 Å². The molecule has 0 saturated heterocycles. The lowest BCUT2D eigenvalue weighted by molar-refractivity contribution is 0.670. The Morgan fingerprint density at radius 3 is 2.45 bits per heavy atom. The smallest absolute Gasteiger partial charge is 0.143 e. The molecule has 0 aliphatic carbocycles. The van der Waals surface area contributed by atoms with E-state index in [-0.39, 0.29) is 0 Å². The van der Waals surface area contributed by atoms with Crippen LogP contribution in [0.15, 0.2) is 77.7 Å². The highest BCUT2D eigenvalue weighted by Gasteiger charge is 2.12. The molecule has 0 N–H and O–H groups in total. The maximum atomic E-state index is 6.19. The van der Waals surface area contributed by atoms with Gasteiger partial charge in [0.25, 0.3) is 0 Å². The van der Waals surface area contributed by atoms with Crippen LogP contribution < -0.4 is 0 Å². The normalized spacial score (nSPS) is 11.1. The molecule has 0 aliphatic heterocycles. The molecule has 0 bridgehead atoms. The maximum Gasteiger partial charge on any atom is 0.143 e. The molecule has 0 saturated carbocycles. The second-order valence-corrected chi connectivity index (χ2v) is 5.64. The topological polar surface area (TPSA) is 13.1 Å². The van der Waals surface area contributed by atoms with Crippen LogP contribution in [-0.2, 0) is 0 Å². The standard InChI is InChI=1S/C21H16O/c1-14(2)16-11-12-18-19-10-6-9-17(15-7-4-3-5-8-15)21(19)22-20(18)13-16/h3-13H,1H2,2H3. The van der Waals surface area contributed by atoms with Crippen molar-refractivity contribution in [3.05, 3.63) is 78.9 Å². The Kier molecular flexibility index (Phi) is 2.87. The van der Waals surface area contributed by atoms with Gasteiger partial charge in [0.15, 0.2) is 0 Å². The van der Waals surface area contributed by atoms with Crippen molar-refractivity contribution in [1.29, 1.82) is 0 Å². The number of furan rings is 1. The predicted octanol–water partition coefficient (Wildman–Crippen LogP) is 6.29. The second-order valence-electron chi connectivity index (χ2n) is 5.64. The number of hydrogen-bond acceptors (Lipinski definition) is 1. The first kappa shape index (κ1) is 12.9. The van der Waals surface area contributed by atoms with Crippen molar-refractivity contribution < 1.29 is 4.42 Å². The van der Waals surface area contributed by atoms with Crippen LogP contribution in [0.3, 0.4) is 0 Å². The van der Waals surface area contributed by atoms with E-state index in [4.69, 9.17) is 4.42 Å². The van der Waals surface area contributed by atoms with Gasteiger partial charge in [-0.1, -0.05) is 66.7 Å². The van der Waals surface area contributed by atoms with Crippen molar-refractivity contribution in [2.45, 2.75) is 6.92 Å². The number of benzene rings is 3. The van der Waals surface area contributed by atoms with Gasteiger partial charge in [0.05, 0.1) is 0 Å². The number of rotatable bonds is 2. The molecule has 1 heterocycles. The summed E-state index contributed by atoms with van der Waals surface area (Å²) in [6.45, 7) is 6.02. The molecule has 0 radical (unpaired) electrons. The van der Waals surface area contributed by atoms with Gasteiger partial charge in [-0.15, -0.1) is 0 Å². The molecule has 0 fully saturated rings. The van der Waals surface area contributed by atoms with E-state index in [0.29, 0.717) is 0 Å². The molecular weight excluding hydrogens is 268 g/mol. The summed E-state index contributed by atoms with van der Waals surface area (Å²) in [6.07, 6.45) is 0. The van der Waals surface area contributed by atoms with Crippen LogP contribution in [0.5, 0.6) is 0 Å². The minimum atomic E-state index is 0.916. The molecule has 0 spiro atoms. The second kappa shape index (κ2) is 4.88. The van der Waals surface area contributed by atoms with Gasteiger partial charge in [0.2, 0.25) is 0 Å². The van der Waals surface area contributed by atoms with Crippen LogP contribution in [0.1, 0.15) is 12.5 Å². The maximum absolute atomic E-state index is 6.19. The highest BCUT2D eigenvalue weighted by atomic mass is 16.3. The first-order chi connectivity index (χ1) is 10.7. The Bertz CT molecular complexity index is 990. The summed E-state index contributed by atoms with van der Waals surface area (Å²) in [6, 6.07) is 23.0. The van der Waals surface area contributed by atoms with E-state index in [9.17, 15) is 0 Å². The number of allylic oxidation sites excluding steroid dienone is 1. The molecule has 1 aromatic heterocycles. The van der Waals surface area contributed by atoms with Gasteiger partial charge in [-0.3, -0.25) is 0 Å². The molecule has 1 heteroatoms. The van der Waals surface area contributed by atoms with E-state index >= 15 is 0 Å². The molecule has 0 amide bonds. The third kappa shape index (κ3) is 1.94. The lowest BCUT2D eigenvalue weighted by Gasteiger charge is -2.01. The molecular formula is C21H16O. The van der Waals surface area contributed by atoms with Gasteiger partial charge in [0, 0.05) is 16.3 Å². The van der Waals surface area contributed by atoms with Gasteiger partial charge >= 0.3 is 0 Å². The van der Waals surface area contributed by atoms with Crippen LogP contribution in [0.4, 0.5) is 0 Å². The van der Waals surface area contributed by atoms with Crippen molar-refractivity contribution in [3.63, 3.8) is 0 Å².